The maximum absolute atomic E-state index is 14.1. The molecule has 3 rings (SSSR count). The van der Waals surface area contributed by atoms with E-state index in [2.05, 4.69) is 15.8 Å². The van der Waals surface area contributed by atoms with Gasteiger partial charge in [0.2, 0.25) is 5.91 Å². The van der Waals surface area contributed by atoms with E-state index >= 15 is 0 Å². The summed E-state index contributed by atoms with van der Waals surface area (Å²) >= 11 is 0. The molecule has 1 amide bonds. The minimum atomic E-state index is -4.63. The summed E-state index contributed by atoms with van der Waals surface area (Å²) in [5.74, 6) is -1.29. The molecule has 1 heterocycles. The third-order valence-electron chi connectivity index (χ3n) is 4.46. The first kappa shape index (κ1) is 23.0. The number of fused-ring (bicyclic) bond motifs is 1. The summed E-state index contributed by atoms with van der Waals surface area (Å²) in [6.07, 6.45) is -3.51. The zero-order valence-electron chi connectivity index (χ0n) is 16.0. The molecule has 0 bridgehead atoms. The molecule has 11 heteroatoms. The maximum Gasteiger partial charge on any atom is 0.420 e. The van der Waals surface area contributed by atoms with Crippen LogP contribution in [0, 0.1) is 0 Å². The molecule has 0 spiro atoms. The number of carboxylic acids is 1. The predicted molar refractivity (Wildman–Crippen MR) is 113 cm³/mol. The molecular formula is C20H18F3N3O3S2. The fraction of sp³-hybridized carbons (Fsp3) is 0.250. The second-order valence-corrected chi connectivity index (χ2v) is 9.09. The van der Waals surface area contributed by atoms with Crippen molar-refractivity contribution in [1.29, 1.82) is 0 Å². The number of aliphatic carboxylic acids is 1. The van der Waals surface area contributed by atoms with Crippen LogP contribution in [0.15, 0.2) is 53.6 Å². The predicted octanol–water partition coefficient (Wildman–Crippen LogP) is 2.14. The molecule has 2 aromatic rings. The Bertz CT molecular complexity index is 1080. The number of halogens is 3. The van der Waals surface area contributed by atoms with Crippen molar-refractivity contribution in [2.75, 3.05) is 11.5 Å². The molecule has 0 aromatic heterocycles. The third-order valence-corrected chi connectivity index (χ3v) is 6.58. The highest BCUT2D eigenvalue weighted by Gasteiger charge is 2.55. The fourth-order valence-electron chi connectivity index (χ4n) is 2.91. The summed E-state index contributed by atoms with van der Waals surface area (Å²) in [6.45, 7) is 0.145. The second-order valence-electron chi connectivity index (χ2n) is 6.62. The van der Waals surface area contributed by atoms with E-state index in [0.717, 1.165) is 27.7 Å². The van der Waals surface area contributed by atoms with Crippen molar-refractivity contribution in [1.82, 2.24) is 10.7 Å². The highest BCUT2D eigenvalue weighted by molar-refractivity contribution is 8.77. The number of hydrogen-bond donors (Lipinski definition) is 3. The number of carbonyl (C=O) groups excluding carboxylic acids is 1. The minimum Gasteiger partial charge on any atom is -0.481 e. The molecule has 6 nitrogen and oxygen atoms in total. The van der Waals surface area contributed by atoms with Crippen molar-refractivity contribution >= 4 is 39.5 Å². The van der Waals surface area contributed by atoms with Crippen molar-refractivity contribution in [3.05, 3.63) is 70.2 Å². The lowest BCUT2D eigenvalue weighted by Gasteiger charge is -2.34. The van der Waals surface area contributed by atoms with Crippen LogP contribution in [0.5, 0.6) is 0 Å². The van der Waals surface area contributed by atoms with Crippen molar-refractivity contribution in [2.45, 2.75) is 18.3 Å². The van der Waals surface area contributed by atoms with Crippen molar-refractivity contribution in [3.8, 4) is 0 Å². The Morgan fingerprint density at radius 1 is 1.06 bits per heavy atom. The number of nitrogens with zero attached hydrogens (tertiary/aromatic N) is 1. The number of hydrogen-bond acceptors (Lipinski definition) is 6. The van der Waals surface area contributed by atoms with E-state index in [9.17, 15) is 22.8 Å². The summed E-state index contributed by atoms with van der Waals surface area (Å²) in [7, 11) is 2.18. The monoisotopic (exact) mass is 469 g/mol. The Hall–Kier alpha value is -2.66. The van der Waals surface area contributed by atoms with Gasteiger partial charge >= 0.3 is 12.1 Å². The number of para-hydroxylation sites is 1. The summed E-state index contributed by atoms with van der Waals surface area (Å²) in [5, 5.41) is 15.9. The lowest BCUT2D eigenvalue weighted by Crippen LogP contribution is -2.55. The van der Waals surface area contributed by atoms with Gasteiger partial charge in [-0.25, -0.2) is 0 Å². The molecule has 2 aromatic carbocycles. The third kappa shape index (κ3) is 5.53. The number of alkyl halides is 3. The first-order valence-electron chi connectivity index (χ1n) is 9.03. The summed E-state index contributed by atoms with van der Waals surface area (Å²) in [5.41, 5.74) is 0.433. The number of benzene rings is 2. The molecule has 0 saturated heterocycles. The van der Waals surface area contributed by atoms with Crippen molar-refractivity contribution in [3.63, 3.8) is 0 Å². The van der Waals surface area contributed by atoms with Crippen molar-refractivity contribution < 1.29 is 27.9 Å². The highest BCUT2D eigenvalue weighted by atomic mass is 33.1. The van der Waals surface area contributed by atoms with E-state index < -0.39 is 17.7 Å². The standard InChI is InChI=1S/C20H18F3N3O3S2/c21-20(22,23)19(9-14-3-1-2-4-16(14)25-26-19)15-7-5-13(6-8-15)10-24-17(27)11-30-31-12-18(28)29/h1-9,26H,10-12H2,(H,24,27)(H,28,29). The van der Waals surface area contributed by atoms with Gasteiger partial charge in [0.25, 0.3) is 0 Å². The number of rotatable bonds is 8. The number of carboxylic acid groups (broad SMARTS) is 1. The molecule has 1 aliphatic rings. The van der Waals surface area contributed by atoms with Gasteiger partial charge in [0, 0.05) is 11.8 Å². The smallest absolute Gasteiger partial charge is 0.420 e. The van der Waals surface area contributed by atoms with E-state index in [1.807, 2.05) is 0 Å². The molecule has 1 unspecified atom stereocenters. The van der Waals surface area contributed by atoms with E-state index in [1.165, 1.54) is 24.3 Å². The van der Waals surface area contributed by atoms with Crippen LogP contribution in [0.4, 0.5) is 13.2 Å². The average molecular weight is 470 g/mol. The number of carbonyl (C=O) groups is 2. The van der Waals surface area contributed by atoms with Gasteiger partial charge in [-0.2, -0.15) is 18.3 Å². The average Bonchev–Trinajstić information content (AvgIpc) is 2.74. The maximum atomic E-state index is 14.1. The zero-order chi connectivity index (χ0) is 22.5. The van der Waals surface area contributed by atoms with Crippen LogP contribution >= 0.6 is 21.6 Å². The van der Waals surface area contributed by atoms with Crippen LogP contribution in [0.25, 0.3) is 6.08 Å². The highest BCUT2D eigenvalue weighted by Crippen LogP contribution is 2.41. The van der Waals surface area contributed by atoms with Gasteiger partial charge in [-0.1, -0.05) is 64.1 Å². The summed E-state index contributed by atoms with van der Waals surface area (Å²) in [6, 6.07) is 12.3. The Morgan fingerprint density at radius 3 is 2.42 bits per heavy atom. The van der Waals surface area contributed by atoms with Crippen LogP contribution in [0.3, 0.4) is 0 Å². The van der Waals surface area contributed by atoms with Crippen molar-refractivity contribution in [2.24, 2.45) is 5.10 Å². The zero-order valence-corrected chi connectivity index (χ0v) is 17.6. The first-order valence-corrected chi connectivity index (χ1v) is 11.5. The number of amides is 1. The molecule has 0 fully saturated rings. The fourth-order valence-corrected chi connectivity index (χ4v) is 4.51. The van der Waals surface area contributed by atoms with Crippen LogP contribution < -0.4 is 21.3 Å². The molecule has 164 valence electrons. The van der Waals surface area contributed by atoms with E-state index in [4.69, 9.17) is 5.11 Å². The van der Waals surface area contributed by atoms with Crippen LogP contribution in [0.2, 0.25) is 0 Å². The molecule has 3 N–H and O–H groups in total. The van der Waals surface area contributed by atoms with Gasteiger partial charge in [0.15, 0.2) is 5.54 Å². The van der Waals surface area contributed by atoms with Gasteiger partial charge in [-0.05, 0) is 23.3 Å². The number of nitrogens with one attached hydrogen (secondary N) is 2. The Labute approximate surface area is 183 Å². The molecule has 1 aliphatic heterocycles. The summed E-state index contributed by atoms with van der Waals surface area (Å²) in [4.78, 5) is 22.2. The van der Waals surface area contributed by atoms with Gasteiger partial charge < -0.3 is 10.4 Å². The lowest BCUT2D eigenvalue weighted by atomic mass is 9.87. The molecule has 0 radical (unpaired) electrons. The van der Waals surface area contributed by atoms with Gasteiger partial charge in [-0.3, -0.25) is 15.0 Å². The van der Waals surface area contributed by atoms with Crippen LogP contribution in [-0.4, -0.2) is 34.7 Å². The van der Waals surface area contributed by atoms with Gasteiger partial charge in [-0.15, -0.1) is 0 Å². The van der Waals surface area contributed by atoms with Crippen LogP contribution in [0.1, 0.15) is 11.1 Å². The SMILES string of the molecule is O=C(O)CSSCC(=O)NCc1ccc(C2(C(F)(F)F)C=c3ccccc3=NN2)cc1. The van der Waals surface area contributed by atoms with Gasteiger partial charge in [0.05, 0.1) is 11.1 Å². The Balaban J connectivity index is 1.70. The molecule has 1 atom stereocenters. The van der Waals surface area contributed by atoms with E-state index in [0.29, 0.717) is 16.1 Å². The summed E-state index contributed by atoms with van der Waals surface area (Å²) < 4.78 is 42.2. The Kier molecular flexibility index (Phi) is 7.16. The lowest BCUT2D eigenvalue weighted by molar-refractivity contribution is -0.180. The second kappa shape index (κ2) is 9.65. The Morgan fingerprint density at radius 2 is 1.74 bits per heavy atom. The quantitative estimate of drug-likeness (QED) is 0.406. The first-order chi connectivity index (χ1) is 14.7. The minimum absolute atomic E-state index is 0.0195. The van der Waals surface area contributed by atoms with E-state index in [-0.39, 0.29) is 29.5 Å². The molecule has 0 aliphatic carbocycles. The normalized spacial score (nSPS) is 17.5. The largest absolute Gasteiger partial charge is 0.481 e. The molecule has 0 saturated carbocycles. The topological polar surface area (TPSA) is 90.8 Å². The van der Waals surface area contributed by atoms with Gasteiger partial charge in [0.1, 0.15) is 5.75 Å². The van der Waals surface area contributed by atoms with Crippen LogP contribution in [-0.2, 0) is 21.7 Å². The molecular weight excluding hydrogens is 451 g/mol. The van der Waals surface area contributed by atoms with E-state index in [1.54, 1.807) is 24.3 Å². The molecule has 31 heavy (non-hydrogen) atoms.